The SMILES string of the molecule is CCC(=NC(=NC(C)N/C=C\NN)OC(C)(C)C)OC(C)(C)C. The highest BCUT2D eigenvalue weighted by molar-refractivity contribution is 5.90. The van der Waals surface area contributed by atoms with Crippen LogP contribution in [0.4, 0.5) is 0 Å². The molecule has 0 rings (SSSR count). The van der Waals surface area contributed by atoms with Crippen LogP contribution in [-0.4, -0.2) is 29.3 Å². The molecule has 4 N–H and O–H groups in total. The highest BCUT2D eigenvalue weighted by Gasteiger charge is 2.18. The van der Waals surface area contributed by atoms with Gasteiger partial charge in [-0.25, -0.2) is 4.99 Å². The molecular weight excluding hydrogens is 294 g/mol. The Balaban J connectivity index is 5.30. The molecule has 134 valence electrons. The molecule has 0 saturated heterocycles. The quantitative estimate of drug-likeness (QED) is 0.312. The number of hydrazine groups is 1. The van der Waals surface area contributed by atoms with Crippen LogP contribution in [0.15, 0.2) is 22.4 Å². The van der Waals surface area contributed by atoms with Crippen LogP contribution in [0.25, 0.3) is 0 Å². The fourth-order valence-corrected chi connectivity index (χ4v) is 1.42. The molecule has 0 amide bonds. The maximum atomic E-state index is 5.84. The van der Waals surface area contributed by atoms with Crippen molar-refractivity contribution in [2.75, 3.05) is 0 Å². The molecule has 0 spiro atoms. The van der Waals surface area contributed by atoms with E-state index in [0.29, 0.717) is 12.3 Å². The van der Waals surface area contributed by atoms with E-state index in [2.05, 4.69) is 20.7 Å². The topological polar surface area (TPSA) is 93.3 Å². The smallest absolute Gasteiger partial charge is 0.317 e. The zero-order valence-corrected chi connectivity index (χ0v) is 15.7. The third-order valence-corrected chi connectivity index (χ3v) is 2.17. The predicted molar refractivity (Wildman–Crippen MR) is 95.9 cm³/mol. The summed E-state index contributed by atoms with van der Waals surface area (Å²) in [6.45, 7) is 15.7. The third-order valence-electron chi connectivity index (χ3n) is 2.17. The second-order valence-corrected chi connectivity index (χ2v) is 7.04. The summed E-state index contributed by atoms with van der Waals surface area (Å²) in [7, 11) is 0. The highest BCUT2D eigenvalue weighted by atomic mass is 16.5. The van der Waals surface area contributed by atoms with Gasteiger partial charge in [0.15, 0.2) is 5.90 Å². The summed E-state index contributed by atoms with van der Waals surface area (Å²) in [6, 6.07) is 0.285. The first-order chi connectivity index (χ1) is 10.5. The summed E-state index contributed by atoms with van der Waals surface area (Å²) in [5.74, 6) is 5.76. The first-order valence-corrected chi connectivity index (χ1v) is 7.87. The second kappa shape index (κ2) is 9.39. The highest BCUT2D eigenvalue weighted by Crippen LogP contribution is 2.13. The van der Waals surface area contributed by atoms with E-state index in [1.165, 1.54) is 0 Å². The lowest BCUT2D eigenvalue weighted by molar-refractivity contribution is 0.104. The van der Waals surface area contributed by atoms with Crippen LogP contribution >= 0.6 is 0 Å². The van der Waals surface area contributed by atoms with Crippen molar-refractivity contribution in [2.45, 2.75) is 79.2 Å². The minimum atomic E-state index is -0.405. The summed E-state index contributed by atoms with van der Waals surface area (Å²) in [6.07, 6.45) is 3.66. The van der Waals surface area contributed by atoms with Gasteiger partial charge in [0.2, 0.25) is 0 Å². The monoisotopic (exact) mass is 327 g/mol. The van der Waals surface area contributed by atoms with Gasteiger partial charge in [-0.2, -0.15) is 4.99 Å². The van der Waals surface area contributed by atoms with Crippen molar-refractivity contribution < 1.29 is 9.47 Å². The van der Waals surface area contributed by atoms with E-state index in [1.54, 1.807) is 12.4 Å². The first kappa shape index (κ1) is 21.2. The molecular formula is C16H33N5O2. The number of hydrogen-bond donors (Lipinski definition) is 3. The number of ether oxygens (including phenoxy) is 2. The lowest BCUT2D eigenvalue weighted by atomic mass is 10.2. The third kappa shape index (κ3) is 12.5. The van der Waals surface area contributed by atoms with E-state index in [0.717, 1.165) is 0 Å². The van der Waals surface area contributed by atoms with Gasteiger partial charge in [-0.15, -0.1) is 0 Å². The van der Waals surface area contributed by atoms with Crippen LogP contribution in [0.5, 0.6) is 0 Å². The standard InChI is InChI=1S/C16H33N5O2/c1-9-13(22-15(3,4)5)21-14(23-16(6,7)8)20-12(2)18-10-11-19-17/h10-12,18-19H,9,17H2,1-8H3/b11-10-,20-14?,21-13?. The summed E-state index contributed by atoms with van der Waals surface area (Å²) < 4.78 is 11.7. The molecule has 0 aliphatic carbocycles. The summed E-state index contributed by atoms with van der Waals surface area (Å²) in [4.78, 5) is 8.90. The van der Waals surface area contributed by atoms with Crippen molar-refractivity contribution in [3.05, 3.63) is 12.4 Å². The molecule has 0 aliphatic rings. The van der Waals surface area contributed by atoms with Crippen LogP contribution < -0.4 is 16.6 Å². The van der Waals surface area contributed by atoms with Gasteiger partial charge in [-0.3, -0.25) is 5.84 Å². The number of nitrogens with zero attached hydrogens (tertiary/aromatic N) is 2. The van der Waals surface area contributed by atoms with Crippen molar-refractivity contribution in [1.82, 2.24) is 10.7 Å². The molecule has 7 heteroatoms. The van der Waals surface area contributed by atoms with Crippen LogP contribution in [0.2, 0.25) is 0 Å². The molecule has 7 nitrogen and oxygen atoms in total. The van der Waals surface area contributed by atoms with Gasteiger partial charge in [-0.05, 0) is 48.5 Å². The molecule has 0 bridgehead atoms. The Hall–Kier alpha value is -1.76. The minimum Gasteiger partial charge on any atom is -0.475 e. The van der Waals surface area contributed by atoms with Gasteiger partial charge < -0.3 is 20.2 Å². The molecule has 0 aromatic rings. The number of amidine groups is 1. The molecule has 0 fully saturated rings. The van der Waals surface area contributed by atoms with Gasteiger partial charge in [0.25, 0.3) is 0 Å². The summed E-state index contributed by atoms with van der Waals surface area (Å²) >= 11 is 0. The number of nitrogens with one attached hydrogen (secondary N) is 2. The Labute approximate surface area is 140 Å². The van der Waals surface area contributed by atoms with Gasteiger partial charge in [0.1, 0.15) is 17.4 Å². The van der Waals surface area contributed by atoms with Crippen molar-refractivity contribution in [1.29, 1.82) is 0 Å². The Kier molecular flexibility index (Phi) is 8.68. The molecule has 0 radical (unpaired) electrons. The Bertz CT molecular complexity index is 431. The molecule has 1 atom stereocenters. The Morgan fingerprint density at radius 3 is 2.09 bits per heavy atom. The summed E-state index contributed by atoms with van der Waals surface area (Å²) in [5.41, 5.74) is 1.69. The predicted octanol–water partition coefficient (Wildman–Crippen LogP) is 2.65. The lowest BCUT2D eigenvalue weighted by Gasteiger charge is -2.24. The van der Waals surface area contributed by atoms with Crippen LogP contribution in [0.1, 0.15) is 61.8 Å². The van der Waals surface area contributed by atoms with E-state index in [1.807, 2.05) is 55.4 Å². The van der Waals surface area contributed by atoms with Gasteiger partial charge in [-0.1, -0.05) is 6.92 Å². The molecule has 1 unspecified atom stereocenters. The van der Waals surface area contributed by atoms with Gasteiger partial charge in [0, 0.05) is 18.8 Å². The van der Waals surface area contributed by atoms with Crippen molar-refractivity contribution in [3.8, 4) is 0 Å². The van der Waals surface area contributed by atoms with E-state index >= 15 is 0 Å². The van der Waals surface area contributed by atoms with Crippen LogP contribution in [0, 0.1) is 0 Å². The number of hydrogen-bond acceptors (Lipinski definition) is 6. The van der Waals surface area contributed by atoms with Gasteiger partial charge in [0.05, 0.1) is 0 Å². The van der Waals surface area contributed by atoms with Crippen molar-refractivity contribution in [2.24, 2.45) is 15.8 Å². The zero-order valence-electron chi connectivity index (χ0n) is 15.7. The van der Waals surface area contributed by atoms with E-state index in [4.69, 9.17) is 15.3 Å². The van der Waals surface area contributed by atoms with Crippen molar-refractivity contribution >= 4 is 11.9 Å². The Morgan fingerprint density at radius 1 is 1.09 bits per heavy atom. The largest absolute Gasteiger partial charge is 0.475 e. The molecule has 0 aromatic heterocycles. The van der Waals surface area contributed by atoms with Crippen molar-refractivity contribution in [3.63, 3.8) is 0 Å². The second-order valence-electron chi connectivity index (χ2n) is 7.04. The summed E-state index contributed by atoms with van der Waals surface area (Å²) in [5, 5.41) is 3.04. The maximum absolute atomic E-state index is 5.84. The fraction of sp³-hybridized carbons (Fsp3) is 0.750. The number of aliphatic imine (C=N–C) groups is 2. The molecule has 0 saturated carbocycles. The normalized spacial score (nSPS) is 15.5. The number of nitrogens with two attached hydrogens (primary N) is 1. The van der Waals surface area contributed by atoms with Crippen LogP contribution in [0.3, 0.4) is 0 Å². The maximum Gasteiger partial charge on any atom is 0.317 e. The molecule has 0 heterocycles. The fourth-order valence-electron chi connectivity index (χ4n) is 1.42. The molecule has 0 aliphatic heterocycles. The number of rotatable bonds is 5. The average molecular weight is 327 g/mol. The van der Waals surface area contributed by atoms with Gasteiger partial charge >= 0.3 is 6.02 Å². The molecule has 23 heavy (non-hydrogen) atoms. The lowest BCUT2D eigenvalue weighted by Crippen LogP contribution is -2.29. The average Bonchev–Trinajstić information content (AvgIpc) is 2.34. The first-order valence-electron chi connectivity index (χ1n) is 7.87. The molecule has 0 aromatic carbocycles. The zero-order chi connectivity index (χ0) is 18.1. The minimum absolute atomic E-state index is 0.228. The van der Waals surface area contributed by atoms with E-state index in [-0.39, 0.29) is 17.8 Å². The van der Waals surface area contributed by atoms with E-state index in [9.17, 15) is 0 Å². The van der Waals surface area contributed by atoms with E-state index < -0.39 is 5.60 Å². The Morgan fingerprint density at radius 2 is 1.65 bits per heavy atom. The van der Waals surface area contributed by atoms with Crippen LogP contribution in [-0.2, 0) is 9.47 Å².